The Balaban J connectivity index is 1.46. The van der Waals surface area contributed by atoms with Crippen LogP contribution in [-0.4, -0.2) is 9.97 Å². The van der Waals surface area contributed by atoms with Crippen molar-refractivity contribution in [3.63, 3.8) is 0 Å². The molecule has 2 heteroatoms. The molecule has 0 N–H and O–H groups in total. The number of benzene rings is 4. The molecule has 2 nitrogen and oxygen atoms in total. The molecule has 0 amide bonds. The molecule has 2 aromatic heterocycles. The van der Waals surface area contributed by atoms with E-state index in [1.54, 1.807) is 0 Å². The van der Waals surface area contributed by atoms with Crippen LogP contribution in [0.2, 0.25) is 0 Å². The lowest BCUT2D eigenvalue weighted by atomic mass is 9.98. The summed E-state index contributed by atoms with van der Waals surface area (Å²) in [4.78, 5) is 8.91. The van der Waals surface area contributed by atoms with Gasteiger partial charge < -0.3 is 0 Å². The van der Waals surface area contributed by atoms with E-state index < -0.39 is 0 Å². The van der Waals surface area contributed by atoms with Crippen molar-refractivity contribution in [1.82, 2.24) is 9.97 Å². The first-order chi connectivity index (χ1) is 14.8. The van der Waals surface area contributed by atoms with Gasteiger partial charge in [0.2, 0.25) is 0 Å². The number of pyridine rings is 2. The first kappa shape index (κ1) is 16.9. The molecule has 0 bridgehead atoms. The number of fused-ring (bicyclic) bond motifs is 3. The Kier molecular flexibility index (Phi) is 3.82. The van der Waals surface area contributed by atoms with E-state index in [2.05, 4.69) is 89.9 Å². The van der Waals surface area contributed by atoms with Crippen LogP contribution in [0.1, 0.15) is 0 Å². The van der Waals surface area contributed by atoms with Crippen LogP contribution in [0, 0.1) is 0 Å². The highest BCUT2D eigenvalue weighted by Gasteiger charge is 2.06. The number of hydrogen-bond donors (Lipinski definition) is 0. The Hall–Kier alpha value is -4.04. The van der Waals surface area contributed by atoms with E-state index >= 15 is 0 Å². The number of aromatic nitrogens is 2. The zero-order chi connectivity index (χ0) is 19.9. The second kappa shape index (κ2) is 6.78. The maximum absolute atomic E-state index is 4.71. The van der Waals surface area contributed by atoms with Gasteiger partial charge in [0.25, 0.3) is 0 Å². The van der Waals surface area contributed by atoms with Crippen molar-refractivity contribution in [2.75, 3.05) is 0 Å². The van der Waals surface area contributed by atoms with E-state index in [9.17, 15) is 0 Å². The monoisotopic (exact) mass is 382 g/mol. The van der Waals surface area contributed by atoms with Crippen LogP contribution in [0.25, 0.3) is 54.7 Å². The predicted molar refractivity (Wildman–Crippen MR) is 125 cm³/mol. The lowest BCUT2D eigenvalue weighted by Crippen LogP contribution is -1.86. The van der Waals surface area contributed by atoms with Crippen molar-refractivity contribution in [2.45, 2.75) is 0 Å². The van der Waals surface area contributed by atoms with E-state index in [0.717, 1.165) is 21.9 Å². The van der Waals surface area contributed by atoms with E-state index in [-0.39, 0.29) is 0 Å². The summed E-state index contributed by atoms with van der Waals surface area (Å²) in [5.41, 5.74) is 5.72. The lowest BCUT2D eigenvalue weighted by molar-refractivity contribution is 1.36. The van der Waals surface area contributed by atoms with E-state index in [4.69, 9.17) is 4.98 Å². The fourth-order valence-electron chi connectivity index (χ4n) is 4.10. The van der Waals surface area contributed by atoms with Gasteiger partial charge in [-0.1, -0.05) is 54.6 Å². The number of hydrogen-bond acceptors (Lipinski definition) is 2. The SMILES string of the molecule is c1ccc2cc(-c3ccc4ncc(-c5ccc6cnccc6c5)cc4c3)ccc2c1. The van der Waals surface area contributed by atoms with Crippen LogP contribution in [0.5, 0.6) is 0 Å². The molecule has 0 fully saturated rings. The van der Waals surface area contributed by atoms with E-state index in [0.29, 0.717) is 0 Å². The van der Waals surface area contributed by atoms with Crippen molar-refractivity contribution in [3.05, 3.63) is 110 Å². The summed E-state index contributed by atoms with van der Waals surface area (Å²) in [6.45, 7) is 0. The highest BCUT2D eigenvalue weighted by molar-refractivity contribution is 5.92. The third-order valence-electron chi connectivity index (χ3n) is 5.74. The first-order valence-corrected chi connectivity index (χ1v) is 10.1. The average molecular weight is 382 g/mol. The molecule has 0 atom stereocenters. The topological polar surface area (TPSA) is 25.8 Å². The minimum atomic E-state index is 1.01. The van der Waals surface area contributed by atoms with Crippen molar-refractivity contribution in [3.8, 4) is 22.3 Å². The largest absolute Gasteiger partial charge is 0.264 e. The second-order valence-electron chi connectivity index (χ2n) is 7.63. The maximum atomic E-state index is 4.71. The Morgan fingerprint density at radius 1 is 0.433 bits per heavy atom. The minimum absolute atomic E-state index is 1.01. The van der Waals surface area contributed by atoms with Gasteiger partial charge in [0.15, 0.2) is 0 Å². The van der Waals surface area contributed by atoms with Crippen molar-refractivity contribution >= 4 is 32.4 Å². The molecule has 2 heterocycles. The molecule has 0 saturated carbocycles. The number of rotatable bonds is 2. The molecule has 6 rings (SSSR count). The Morgan fingerprint density at radius 2 is 1.07 bits per heavy atom. The van der Waals surface area contributed by atoms with Gasteiger partial charge in [0, 0.05) is 34.9 Å². The van der Waals surface area contributed by atoms with Crippen molar-refractivity contribution in [1.29, 1.82) is 0 Å². The maximum Gasteiger partial charge on any atom is 0.0702 e. The summed E-state index contributed by atoms with van der Waals surface area (Å²) in [6, 6.07) is 32.3. The highest BCUT2D eigenvalue weighted by atomic mass is 14.6. The van der Waals surface area contributed by atoms with Crippen LogP contribution in [-0.2, 0) is 0 Å². The lowest BCUT2D eigenvalue weighted by Gasteiger charge is -2.08. The average Bonchev–Trinajstić information content (AvgIpc) is 2.82. The van der Waals surface area contributed by atoms with Gasteiger partial charge in [-0.05, 0) is 69.2 Å². The Bertz CT molecular complexity index is 1440. The molecular formula is C28H18N2. The molecule has 0 aliphatic heterocycles. The molecule has 140 valence electrons. The molecule has 0 spiro atoms. The van der Waals surface area contributed by atoms with Crippen LogP contribution < -0.4 is 0 Å². The Morgan fingerprint density at radius 3 is 1.93 bits per heavy atom. The molecule has 6 aromatic rings. The second-order valence-corrected chi connectivity index (χ2v) is 7.63. The van der Waals surface area contributed by atoms with Gasteiger partial charge in [-0.15, -0.1) is 0 Å². The van der Waals surface area contributed by atoms with Crippen molar-refractivity contribution in [2.24, 2.45) is 0 Å². The van der Waals surface area contributed by atoms with E-state index in [1.165, 1.54) is 32.8 Å². The van der Waals surface area contributed by atoms with Gasteiger partial charge in [0.1, 0.15) is 0 Å². The summed E-state index contributed by atoms with van der Waals surface area (Å²) in [5, 5.41) is 6.00. The van der Waals surface area contributed by atoms with Crippen molar-refractivity contribution < 1.29 is 0 Å². The third kappa shape index (κ3) is 2.90. The summed E-state index contributed by atoms with van der Waals surface area (Å²) < 4.78 is 0. The first-order valence-electron chi connectivity index (χ1n) is 10.1. The summed E-state index contributed by atoms with van der Waals surface area (Å²) in [5.74, 6) is 0. The molecule has 0 aliphatic rings. The zero-order valence-electron chi connectivity index (χ0n) is 16.3. The van der Waals surface area contributed by atoms with Gasteiger partial charge in [-0.2, -0.15) is 0 Å². The van der Waals surface area contributed by atoms with Gasteiger partial charge >= 0.3 is 0 Å². The fraction of sp³-hybridized carbons (Fsp3) is 0. The van der Waals surface area contributed by atoms with Gasteiger partial charge in [-0.25, -0.2) is 0 Å². The van der Waals surface area contributed by atoms with Crippen LogP contribution in [0.15, 0.2) is 110 Å². The van der Waals surface area contributed by atoms with Crippen LogP contribution >= 0.6 is 0 Å². The molecule has 0 radical (unpaired) electrons. The molecule has 0 saturated heterocycles. The Labute approximate surface area is 174 Å². The summed E-state index contributed by atoms with van der Waals surface area (Å²) in [6.07, 6.45) is 5.69. The fourth-order valence-corrected chi connectivity index (χ4v) is 4.10. The number of nitrogens with zero attached hydrogens (tertiary/aromatic N) is 2. The van der Waals surface area contributed by atoms with Crippen LogP contribution in [0.4, 0.5) is 0 Å². The predicted octanol–water partition coefficient (Wildman–Crippen LogP) is 7.27. The summed E-state index contributed by atoms with van der Waals surface area (Å²) in [7, 11) is 0. The molecular weight excluding hydrogens is 364 g/mol. The zero-order valence-corrected chi connectivity index (χ0v) is 16.3. The highest BCUT2D eigenvalue weighted by Crippen LogP contribution is 2.30. The standard InChI is InChI=1S/C28H18N2/c1-2-4-20-13-21(6-5-19(20)3-1)22-9-10-28-26(15-22)16-27(18-30-28)23-7-8-25-17-29-12-11-24(25)14-23/h1-18H. The van der Waals surface area contributed by atoms with Gasteiger partial charge in [0.05, 0.1) is 5.52 Å². The molecule has 0 aliphatic carbocycles. The molecule has 30 heavy (non-hydrogen) atoms. The quantitative estimate of drug-likeness (QED) is 0.315. The van der Waals surface area contributed by atoms with Crippen LogP contribution in [0.3, 0.4) is 0 Å². The molecule has 4 aromatic carbocycles. The normalized spacial score (nSPS) is 11.3. The van der Waals surface area contributed by atoms with Gasteiger partial charge in [-0.3, -0.25) is 9.97 Å². The smallest absolute Gasteiger partial charge is 0.0702 e. The third-order valence-corrected chi connectivity index (χ3v) is 5.74. The molecule has 0 unspecified atom stereocenters. The van der Waals surface area contributed by atoms with E-state index in [1.807, 2.05) is 24.7 Å². The summed E-state index contributed by atoms with van der Waals surface area (Å²) >= 11 is 0. The minimum Gasteiger partial charge on any atom is -0.264 e.